The van der Waals surface area contributed by atoms with Crippen LogP contribution >= 0.6 is 0 Å². The maximum absolute atomic E-state index is 12.8. The van der Waals surface area contributed by atoms with Crippen LogP contribution in [0.1, 0.15) is 58.3 Å². The summed E-state index contributed by atoms with van der Waals surface area (Å²) in [6, 6.07) is 0.275. The lowest BCUT2D eigenvalue weighted by atomic mass is 9.66. The van der Waals surface area contributed by atoms with E-state index in [0.717, 1.165) is 44.4 Å². The molecule has 4 nitrogen and oxygen atoms in total. The zero-order valence-corrected chi connectivity index (χ0v) is 13.6. The van der Waals surface area contributed by atoms with Crippen LogP contribution < -0.4 is 0 Å². The molecule has 2 heterocycles. The van der Waals surface area contributed by atoms with Gasteiger partial charge < -0.3 is 15.1 Å². The van der Waals surface area contributed by atoms with Crippen molar-refractivity contribution in [2.24, 2.45) is 17.8 Å². The fourth-order valence-electron chi connectivity index (χ4n) is 5.16. The molecule has 5 atom stereocenters. The molecule has 4 heteroatoms. The Morgan fingerprint density at radius 1 is 1.24 bits per heavy atom. The largest absolute Gasteiger partial charge is 0.633 e. The molecule has 1 saturated carbocycles. The molecular weight excluding hydrogens is 264 g/mol. The highest BCUT2D eigenvalue weighted by Gasteiger charge is 2.46. The highest BCUT2D eigenvalue weighted by molar-refractivity contribution is 5.80. The average Bonchev–Trinajstić information content (AvgIpc) is 2.42. The van der Waals surface area contributed by atoms with Gasteiger partial charge in [-0.1, -0.05) is 6.92 Å². The van der Waals surface area contributed by atoms with E-state index < -0.39 is 0 Å². The molecule has 21 heavy (non-hydrogen) atoms. The Balaban J connectivity index is 1.77. The Labute approximate surface area is 128 Å². The highest BCUT2D eigenvalue weighted by atomic mass is 16.5. The van der Waals surface area contributed by atoms with Gasteiger partial charge in [-0.05, 0) is 37.5 Å². The number of quaternary nitrogens is 1. The summed E-state index contributed by atoms with van der Waals surface area (Å²) in [5, 5.41) is 24.8. The Morgan fingerprint density at radius 3 is 2.81 bits per heavy atom. The first-order valence-corrected chi connectivity index (χ1v) is 8.83. The lowest BCUT2D eigenvalue weighted by molar-refractivity contribution is -0.898. The summed E-state index contributed by atoms with van der Waals surface area (Å²) in [5.74, 6) is 1.74. The average molecular weight is 294 g/mol. The summed E-state index contributed by atoms with van der Waals surface area (Å²) in [7, 11) is 1.87. The minimum Gasteiger partial charge on any atom is -0.633 e. The van der Waals surface area contributed by atoms with Gasteiger partial charge in [0.2, 0.25) is 0 Å². The molecule has 2 aliphatic heterocycles. The number of likely N-dealkylation sites (tertiary alicyclic amines) is 1. The number of piperidine rings is 1. The summed E-state index contributed by atoms with van der Waals surface area (Å²) in [6.07, 6.45) is 8.68. The third-order valence-electron chi connectivity index (χ3n) is 6.22. The van der Waals surface area contributed by atoms with Crippen molar-refractivity contribution in [1.29, 1.82) is 0 Å². The van der Waals surface area contributed by atoms with Crippen molar-refractivity contribution in [1.82, 2.24) is 0 Å². The van der Waals surface area contributed by atoms with Crippen molar-refractivity contribution in [3.05, 3.63) is 10.4 Å². The van der Waals surface area contributed by atoms with Gasteiger partial charge in [0, 0.05) is 31.6 Å². The number of nitrogens with zero attached hydrogens (tertiary/aromatic N) is 2. The van der Waals surface area contributed by atoms with Crippen molar-refractivity contribution < 1.29 is 9.39 Å². The topological polar surface area (TPSA) is 49.1 Å². The third kappa shape index (κ3) is 3.11. The number of hydrogen-bond donors (Lipinski definition) is 0. The fourth-order valence-corrected chi connectivity index (χ4v) is 5.16. The van der Waals surface area contributed by atoms with Crippen LogP contribution in [-0.2, 0) is 0 Å². The second-order valence-corrected chi connectivity index (χ2v) is 7.94. The zero-order valence-electron chi connectivity index (χ0n) is 13.6. The van der Waals surface area contributed by atoms with Crippen LogP contribution in [0.2, 0.25) is 0 Å². The van der Waals surface area contributed by atoms with Crippen LogP contribution in [0.15, 0.2) is 0 Å². The molecule has 0 bridgehead atoms. The molecule has 1 saturated heterocycles. The first-order chi connectivity index (χ1) is 9.97. The standard InChI is InChI=1S/C17H30N2O2/c1-13-10-14(12-15-6-3-4-8-18(15)20)16-7-5-9-19(2,21)17(16)11-13/h13-14,16-17H,3-12H2,1-2H3/t13-,14-,16-,17-,19+/m0/s1. The van der Waals surface area contributed by atoms with Crippen LogP contribution in [-0.4, -0.2) is 41.3 Å². The Morgan fingerprint density at radius 2 is 2.05 bits per heavy atom. The minimum atomic E-state index is -0.0398. The van der Waals surface area contributed by atoms with Gasteiger partial charge in [0.05, 0.1) is 19.6 Å². The maximum atomic E-state index is 12.8. The fraction of sp³-hybridized carbons (Fsp3) is 0.941. The molecule has 0 unspecified atom stereocenters. The first-order valence-electron chi connectivity index (χ1n) is 8.83. The summed E-state index contributed by atoms with van der Waals surface area (Å²) in [4.78, 5) is 0. The van der Waals surface area contributed by atoms with Gasteiger partial charge in [-0.15, -0.1) is 0 Å². The number of fused-ring (bicyclic) bond motifs is 1. The van der Waals surface area contributed by atoms with E-state index in [0.29, 0.717) is 24.3 Å². The molecule has 0 aromatic heterocycles. The smallest absolute Gasteiger partial charge is 0.163 e. The van der Waals surface area contributed by atoms with Crippen LogP contribution in [0.5, 0.6) is 0 Å². The van der Waals surface area contributed by atoms with E-state index in [-0.39, 0.29) is 10.7 Å². The summed E-state index contributed by atoms with van der Waals surface area (Å²) >= 11 is 0. The molecule has 3 aliphatic rings. The van der Waals surface area contributed by atoms with Crippen molar-refractivity contribution in [3.8, 4) is 0 Å². The van der Waals surface area contributed by atoms with Crippen LogP contribution in [0.25, 0.3) is 0 Å². The zero-order chi connectivity index (χ0) is 15.0. The van der Waals surface area contributed by atoms with Gasteiger partial charge in [-0.25, -0.2) is 4.74 Å². The number of hydroxylamine groups is 4. The van der Waals surface area contributed by atoms with E-state index in [1.807, 2.05) is 7.05 Å². The van der Waals surface area contributed by atoms with E-state index in [1.165, 1.54) is 24.0 Å². The van der Waals surface area contributed by atoms with E-state index in [2.05, 4.69) is 6.92 Å². The Kier molecular flexibility index (Phi) is 4.28. The summed E-state index contributed by atoms with van der Waals surface area (Å²) < 4.78 is 1.22. The normalized spacial score (nSPS) is 44.5. The van der Waals surface area contributed by atoms with Crippen LogP contribution in [0.3, 0.4) is 0 Å². The van der Waals surface area contributed by atoms with Crippen molar-refractivity contribution >= 4 is 5.71 Å². The molecule has 0 spiro atoms. The Bertz CT molecular complexity index is 419. The molecule has 0 N–H and O–H groups in total. The molecule has 0 aromatic carbocycles. The van der Waals surface area contributed by atoms with Crippen LogP contribution in [0, 0.1) is 28.2 Å². The van der Waals surface area contributed by atoms with E-state index in [9.17, 15) is 10.4 Å². The van der Waals surface area contributed by atoms with Gasteiger partial charge in [-0.2, -0.15) is 0 Å². The van der Waals surface area contributed by atoms with Crippen molar-refractivity contribution in [2.45, 2.75) is 64.3 Å². The van der Waals surface area contributed by atoms with Crippen molar-refractivity contribution in [2.75, 3.05) is 20.1 Å². The highest BCUT2D eigenvalue weighted by Crippen LogP contribution is 2.45. The molecule has 120 valence electrons. The molecule has 1 aliphatic carbocycles. The van der Waals surface area contributed by atoms with E-state index in [4.69, 9.17) is 0 Å². The molecule has 0 aromatic rings. The first kappa shape index (κ1) is 15.3. The Hall–Kier alpha value is -0.610. The second kappa shape index (κ2) is 5.88. The number of hydrogen-bond acceptors (Lipinski definition) is 2. The quantitative estimate of drug-likeness (QED) is 0.446. The molecule has 3 rings (SSSR count). The number of rotatable bonds is 2. The van der Waals surface area contributed by atoms with Crippen LogP contribution in [0.4, 0.5) is 0 Å². The molecular formula is C17H30N2O2. The lowest BCUT2D eigenvalue weighted by Crippen LogP contribution is -2.58. The maximum Gasteiger partial charge on any atom is 0.163 e. The summed E-state index contributed by atoms with van der Waals surface area (Å²) in [6.45, 7) is 3.75. The second-order valence-electron chi connectivity index (χ2n) is 7.94. The van der Waals surface area contributed by atoms with Gasteiger partial charge in [0.25, 0.3) is 0 Å². The minimum absolute atomic E-state index is 0.0398. The SMILES string of the molecule is C[C@H]1C[C@@H](CC2=[N+]([O-])CCCC2)[C@@H]2CCC[N@@+](C)([O-])[C@H]2C1. The van der Waals surface area contributed by atoms with E-state index >= 15 is 0 Å². The molecule has 0 amide bonds. The van der Waals surface area contributed by atoms with Gasteiger partial charge in [0.15, 0.2) is 12.3 Å². The lowest BCUT2D eigenvalue weighted by Gasteiger charge is -2.56. The van der Waals surface area contributed by atoms with Crippen molar-refractivity contribution in [3.63, 3.8) is 0 Å². The predicted molar refractivity (Wildman–Crippen MR) is 84.8 cm³/mol. The van der Waals surface area contributed by atoms with Gasteiger partial charge in [0.1, 0.15) is 0 Å². The van der Waals surface area contributed by atoms with Gasteiger partial charge in [-0.3, -0.25) is 0 Å². The predicted octanol–water partition coefficient (Wildman–Crippen LogP) is 3.28. The molecule has 2 fully saturated rings. The van der Waals surface area contributed by atoms with Gasteiger partial charge >= 0.3 is 0 Å². The monoisotopic (exact) mass is 294 g/mol. The third-order valence-corrected chi connectivity index (χ3v) is 6.22. The summed E-state index contributed by atoms with van der Waals surface area (Å²) in [5.41, 5.74) is 1.12. The molecule has 0 radical (unpaired) electrons. The van der Waals surface area contributed by atoms with E-state index in [1.54, 1.807) is 0 Å².